The van der Waals surface area contributed by atoms with E-state index in [0.717, 1.165) is 28.6 Å². The van der Waals surface area contributed by atoms with Crippen LogP contribution in [0.15, 0.2) is 91.0 Å². The molecule has 0 saturated carbocycles. The minimum absolute atomic E-state index is 0.250. The maximum Gasteiger partial charge on any atom is 0.204 e. The summed E-state index contributed by atoms with van der Waals surface area (Å²) in [4.78, 5) is 8.58. The molecule has 0 atom stereocenters. The lowest BCUT2D eigenvalue weighted by Gasteiger charge is -2.15. The summed E-state index contributed by atoms with van der Waals surface area (Å²) in [6.45, 7) is 0. The average Bonchev–Trinajstić information content (AvgIpc) is 2.76. The molecule has 5 heteroatoms. The number of carbonyl (C=O) groups excluding carboxylic acids is 1. The predicted molar refractivity (Wildman–Crippen MR) is 117 cm³/mol. The predicted octanol–water partition coefficient (Wildman–Crippen LogP) is 5.49. The van der Waals surface area contributed by atoms with Gasteiger partial charge in [0.1, 0.15) is 11.5 Å². The van der Waals surface area contributed by atoms with Crippen LogP contribution in [0.4, 0.5) is 11.4 Å². The third-order valence-electron chi connectivity index (χ3n) is 4.22. The van der Waals surface area contributed by atoms with E-state index in [2.05, 4.69) is 41.4 Å². The molecule has 5 nitrogen and oxygen atoms in total. The summed E-state index contributed by atoms with van der Waals surface area (Å²) in [5.74, 6) is 2.26. The molecule has 0 radical (unpaired) electrons. The SMILES string of the molecule is COc1cccc(Oc2ccccc2Nc2cccc3ccccc23)c1.NC=O. The summed E-state index contributed by atoms with van der Waals surface area (Å²) in [7, 11) is 1.65. The summed E-state index contributed by atoms with van der Waals surface area (Å²) in [5, 5.41) is 5.88. The van der Waals surface area contributed by atoms with Crippen LogP contribution in [0.5, 0.6) is 17.2 Å². The number of anilines is 2. The Labute approximate surface area is 169 Å². The van der Waals surface area contributed by atoms with Gasteiger partial charge in [-0.25, -0.2) is 0 Å². The van der Waals surface area contributed by atoms with Gasteiger partial charge in [0.25, 0.3) is 0 Å². The quantitative estimate of drug-likeness (QED) is 0.445. The van der Waals surface area contributed by atoms with Crippen LogP contribution in [0.3, 0.4) is 0 Å². The van der Waals surface area contributed by atoms with Gasteiger partial charge in [-0.15, -0.1) is 0 Å². The van der Waals surface area contributed by atoms with Gasteiger partial charge in [0, 0.05) is 17.1 Å². The molecule has 0 aliphatic heterocycles. The van der Waals surface area contributed by atoms with Crippen molar-refractivity contribution in [1.82, 2.24) is 0 Å². The maximum atomic E-state index is 8.58. The molecule has 0 saturated heterocycles. The molecule has 0 bridgehead atoms. The van der Waals surface area contributed by atoms with Gasteiger partial charge in [-0.1, -0.05) is 54.6 Å². The number of nitrogens with one attached hydrogen (secondary N) is 1. The monoisotopic (exact) mass is 386 g/mol. The number of para-hydroxylation sites is 2. The highest BCUT2D eigenvalue weighted by Crippen LogP contribution is 2.34. The molecular formula is C24H22N2O3. The Morgan fingerprint density at radius 3 is 2.24 bits per heavy atom. The van der Waals surface area contributed by atoms with Gasteiger partial charge in [-0.05, 0) is 35.7 Å². The van der Waals surface area contributed by atoms with Crippen LogP contribution in [-0.4, -0.2) is 13.5 Å². The lowest BCUT2D eigenvalue weighted by atomic mass is 10.1. The summed E-state index contributed by atoms with van der Waals surface area (Å²) in [5.41, 5.74) is 6.12. The Bertz CT molecular complexity index is 1090. The molecule has 29 heavy (non-hydrogen) atoms. The second kappa shape index (κ2) is 9.80. The first-order valence-electron chi connectivity index (χ1n) is 9.06. The molecular weight excluding hydrogens is 364 g/mol. The average molecular weight is 386 g/mol. The van der Waals surface area contributed by atoms with Gasteiger partial charge in [0.2, 0.25) is 6.41 Å². The minimum Gasteiger partial charge on any atom is -0.497 e. The molecule has 146 valence electrons. The molecule has 0 unspecified atom stereocenters. The normalized spacial score (nSPS) is 9.83. The molecule has 3 N–H and O–H groups in total. The van der Waals surface area contributed by atoms with E-state index in [-0.39, 0.29) is 6.41 Å². The largest absolute Gasteiger partial charge is 0.497 e. The van der Waals surface area contributed by atoms with Gasteiger partial charge in [-0.3, -0.25) is 4.79 Å². The van der Waals surface area contributed by atoms with Gasteiger partial charge in [0.05, 0.1) is 12.8 Å². The summed E-state index contributed by atoms with van der Waals surface area (Å²) in [6, 6.07) is 30.1. The van der Waals surface area contributed by atoms with Crippen molar-refractivity contribution in [1.29, 1.82) is 0 Å². The summed E-state index contributed by atoms with van der Waals surface area (Å²) in [6.07, 6.45) is 0.250. The van der Waals surface area contributed by atoms with E-state index < -0.39 is 0 Å². The highest BCUT2D eigenvalue weighted by atomic mass is 16.5. The van der Waals surface area contributed by atoms with Gasteiger partial charge >= 0.3 is 0 Å². The van der Waals surface area contributed by atoms with Crippen molar-refractivity contribution in [2.24, 2.45) is 5.73 Å². The molecule has 0 spiro atoms. The van der Waals surface area contributed by atoms with E-state index >= 15 is 0 Å². The number of primary amides is 1. The molecule has 4 aromatic rings. The number of fused-ring (bicyclic) bond motifs is 1. The zero-order valence-electron chi connectivity index (χ0n) is 16.0. The van der Waals surface area contributed by atoms with Crippen LogP contribution >= 0.6 is 0 Å². The molecule has 0 aliphatic carbocycles. The number of hydrogen-bond donors (Lipinski definition) is 2. The smallest absolute Gasteiger partial charge is 0.204 e. The van der Waals surface area contributed by atoms with Crippen molar-refractivity contribution in [3.05, 3.63) is 91.0 Å². The first-order valence-corrected chi connectivity index (χ1v) is 9.06. The van der Waals surface area contributed by atoms with Crippen molar-refractivity contribution < 1.29 is 14.3 Å². The Kier molecular flexibility index (Phi) is 6.68. The maximum absolute atomic E-state index is 8.58. The van der Waals surface area contributed by atoms with Crippen molar-refractivity contribution >= 4 is 28.6 Å². The molecule has 1 amide bonds. The summed E-state index contributed by atoms with van der Waals surface area (Å²) < 4.78 is 11.4. The van der Waals surface area contributed by atoms with Crippen LogP contribution in [0.25, 0.3) is 10.8 Å². The third kappa shape index (κ3) is 5.05. The third-order valence-corrected chi connectivity index (χ3v) is 4.22. The number of hydrogen-bond acceptors (Lipinski definition) is 4. The van der Waals surface area contributed by atoms with Crippen LogP contribution in [0.2, 0.25) is 0 Å². The van der Waals surface area contributed by atoms with Crippen molar-refractivity contribution in [2.45, 2.75) is 0 Å². The Balaban J connectivity index is 0.000000755. The molecule has 0 aliphatic rings. The van der Waals surface area contributed by atoms with Crippen molar-refractivity contribution in [3.63, 3.8) is 0 Å². The van der Waals surface area contributed by atoms with Gasteiger partial charge in [-0.2, -0.15) is 0 Å². The van der Waals surface area contributed by atoms with Crippen LogP contribution < -0.4 is 20.5 Å². The van der Waals surface area contributed by atoms with Crippen molar-refractivity contribution in [2.75, 3.05) is 12.4 Å². The lowest BCUT2D eigenvalue weighted by Crippen LogP contribution is -1.95. The van der Waals surface area contributed by atoms with Gasteiger partial charge in [0.15, 0.2) is 5.75 Å². The fraction of sp³-hybridized carbons (Fsp3) is 0.0417. The van der Waals surface area contributed by atoms with E-state index in [0.29, 0.717) is 0 Å². The second-order valence-electron chi connectivity index (χ2n) is 6.06. The number of rotatable bonds is 5. The minimum atomic E-state index is 0.250. The molecule has 4 rings (SSSR count). The zero-order chi connectivity index (χ0) is 20.5. The van der Waals surface area contributed by atoms with E-state index in [1.54, 1.807) is 7.11 Å². The first kappa shape index (κ1) is 19.8. The van der Waals surface area contributed by atoms with E-state index in [1.807, 2.05) is 60.7 Å². The summed E-state index contributed by atoms with van der Waals surface area (Å²) >= 11 is 0. The zero-order valence-corrected chi connectivity index (χ0v) is 16.0. The van der Waals surface area contributed by atoms with Crippen LogP contribution in [0.1, 0.15) is 0 Å². The van der Waals surface area contributed by atoms with Crippen LogP contribution in [0, 0.1) is 0 Å². The lowest BCUT2D eigenvalue weighted by molar-refractivity contribution is -0.106. The number of methoxy groups -OCH3 is 1. The number of amides is 1. The molecule has 0 fully saturated rings. The Hall–Kier alpha value is -3.99. The number of ether oxygens (including phenoxy) is 2. The molecule has 0 aromatic heterocycles. The van der Waals surface area contributed by atoms with E-state index in [9.17, 15) is 0 Å². The highest BCUT2D eigenvalue weighted by Gasteiger charge is 2.07. The molecule has 4 aromatic carbocycles. The van der Waals surface area contributed by atoms with E-state index in [1.165, 1.54) is 10.8 Å². The number of carbonyl (C=O) groups is 1. The number of nitrogens with two attached hydrogens (primary N) is 1. The van der Waals surface area contributed by atoms with Crippen LogP contribution in [-0.2, 0) is 4.79 Å². The first-order chi connectivity index (χ1) is 14.2. The Morgan fingerprint density at radius 1 is 0.793 bits per heavy atom. The van der Waals surface area contributed by atoms with E-state index in [4.69, 9.17) is 14.3 Å². The second-order valence-corrected chi connectivity index (χ2v) is 6.06. The standard InChI is InChI=1S/C23H19NO2.CH3NO/c1-25-18-10-7-11-19(16-18)26-23-15-5-4-13-22(23)24-21-14-6-9-17-8-2-3-12-20(17)21;2-1-3/h2-16,24H,1H3;1H,(H2,2,3). The van der Waals surface area contributed by atoms with Crippen molar-refractivity contribution in [3.8, 4) is 17.2 Å². The number of benzene rings is 4. The Morgan fingerprint density at radius 2 is 1.41 bits per heavy atom. The fourth-order valence-electron chi connectivity index (χ4n) is 2.93. The van der Waals surface area contributed by atoms with Gasteiger partial charge < -0.3 is 20.5 Å². The fourth-order valence-corrected chi connectivity index (χ4v) is 2.93. The highest BCUT2D eigenvalue weighted by molar-refractivity contribution is 5.95. The molecule has 0 heterocycles. The topological polar surface area (TPSA) is 73.6 Å².